The van der Waals surface area contributed by atoms with E-state index in [1.165, 1.54) is 0 Å². The first kappa shape index (κ1) is 17.2. The largest absolute Gasteiger partial charge is 0.322 e. The number of nitriles is 1. The standard InChI is InChI=1S/C19H19ClN4O/c20-15-5-7-16(8-6-15)23-19(25)24(18-3-1-2-4-18)13-14-9-10-22-17(11-14)12-21/h5-11,18H,1-4,13H2,(H,23,25). The summed E-state index contributed by atoms with van der Waals surface area (Å²) in [6.07, 6.45) is 5.89. The minimum absolute atomic E-state index is 0.135. The fourth-order valence-electron chi connectivity index (χ4n) is 3.14. The molecule has 3 rings (SSSR count). The van der Waals surface area contributed by atoms with E-state index in [0.29, 0.717) is 22.9 Å². The van der Waals surface area contributed by atoms with Gasteiger partial charge < -0.3 is 10.2 Å². The van der Waals surface area contributed by atoms with Crippen molar-refractivity contribution in [2.75, 3.05) is 5.32 Å². The lowest BCUT2D eigenvalue weighted by Crippen LogP contribution is -2.41. The number of pyridine rings is 1. The van der Waals surface area contributed by atoms with Gasteiger partial charge in [0.1, 0.15) is 11.8 Å². The van der Waals surface area contributed by atoms with Gasteiger partial charge in [-0.15, -0.1) is 0 Å². The Kier molecular flexibility index (Phi) is 5.52. The maximum Gasteiger partial charge on any atom is 0.322 e. The molecule has 5 nitrogen and oxygen atoms in total. The first-order chi connectivity index (χ1) is 12.2. The highest BCUT2D eigenvalue weighted by Crippen LogP contribution is 2.26. The summed E-state index contributed by atoms with van der Waals surface area (Å²) in [6.45, 7) is 0.460. The molecule has 1 aliphatic carbocycles. The first-order valence-corrected chi connectivity index (χ1v) is 8.72. The van der Waals surface area contributed by atoms with E-state index in [1.54, 1.807) is 36.5 Å². The second kappa shape index (κ2) is 8.00. The molecule has 1 heterocycles. The van der Waals surface area contributed by atoms with Crippen LogP contribution in [0.4, 0.5) is 10.5 Å². The number of aromatic nitrogens is 1. The van der Waals surface area contributed by atoms with Crippen LogP contribution in [0.2, 0.25) is 5.02 Å². The molecule has 1 aliphatic rings. The fraction of sp³-hybridized carbons (Fsp3) is 0.316. The van der Waals surface area contributed by atoms with E-state index < -0.39 is 0 Å². The third kappa shape index (κ3) is 4.49. The minimum atomic E-state index is -0.135. The van der Waals surface area contributed by atoms with Crippen LogP contribution in [0.25, 0.3) is 0 Å². The zero-order chi connectivity index (χ0) is 17.6. The van der Waals surface area contributed by atoms with E-state index in [4.69, 9.17) is 16.9 Å². The molecular weight excluding hydrogens is 336 g/mol. The zero-order valence-electron chi connectivity index (χ0n) is 13.8. The van der Waals surface area contributed by atoms with Crippen molar-refractivity contribution in [2.45, 2.75) is 38.3 Å². The van der Waals surface area contributed by atoms with Gasteiger partial charge in [0, 0.05) is 29.5 Å². The summed E-state index contributed by atoms with van der Waals surface area (Å²) in [4.78, 5) is 18.7. The Morgan fingerprint density at radius 3 is 2.68 bits per heavy atom. The molecule has 1 N–H and O–H groups in total. The Hall–Kier alpha value is -2.58. The molecule has 0 atom stereocenters. The molecular formula is C19H19ClN4O. The molecule has 0 aliphatic heterocycles. The van der Waals surface area contributed by atoms with Crippen molar-refractivity contribution in [1.29, 1.82) is 5.26 Å². The smallest absolute Gasteiger partial charge is 0.317 e. The highest BCUT2D eigenvalue weighted by molar-refractivity contribution is 6.30. The van der Waals surface area contributed by atoms with Crippen LogP contribution >= 0.6 is 11.6 Å². The maximum atomic E-state index is 12.8. The molecule has 0 spiro atoms. The monoisotopic (exact) mass is 354 g/mol. The number of hydrogen-bond acceptors (Lipinski definition) is 3. The van der Waals surface area contributed by atoms with Crippen molar-refractivity contribution in [3.63, 3.8) is 0 Å². The number of amides is 2. The quantitative estimate of drug-likeness (QED) is 0.873. The molecule has 0 unspecified atom stereocenters. The van der Waals surface area contributed by atoms with Crippen LogP contribution in [0.15, 0.2) is 42.6 Å². The highest BCUT2D eigenvalue weighted by Gasteiger charge is 2.27. The lowest BCUT2D eigenvalue weighted by molar-refractivity contribution is 0.184. The van der Waals surface area contributed by atoms with Gasteiger partial charge in [-0.3, -0.25) is 0 Å². The molecule has 0 bridgehead atoms. The molecule has 2 amide bonds. The lowest BCUT2D eigenvalue weighted by atomic mass is 10.1. The Morgan fingerprint density at radius 1 is 1.28 bits per heavy atom. The van der Waals surface area contributed by atoms with Gasteiger partial charge in [-0.1, -0.05) is 24.4 Å². The first-order valence-electron chi connectivity index (χ1n) is 8.34. The molecule has 2 aromatic rings. The second-order valence-electron chi connectivity index (χ2n) is 6.16. The highest BCUT2D eigenvalue weighted by atomic mass is 35.5. The number of benzene rings is 1. The van der Waals surface area contributed by atoms with Crippen molar-refractivity contribution in [3.8, 4) is 6.07 Å². The van der Waals surface area contributed by atoms with Gasteiger partial charge in [0.25, 0.3) is 0 Å². The summed E-state index contributed by atoms with van der Waals surface area (Å²) in [5, 5.41) is 12.6. The van der Waals surface area contributed by atoms with Crippen molar-refractivity contribution >= 4 is 23.3 Å². The maximum absolute atomic E-state index is 12.8. The van der Waals surface area contributed by atoms with E-state index in [2.05, 4.69) is 10.3 Å². The average molecular weight is 355 g/mol. The number of urea groups is 1. The molecule has 6 heteroatoms. The van der Waals surface area contributed by atoms with E-state index in [9.17, 15) is 4.79 Å². The van der Waals surface area contributed by atoms with Crippen LogP contribution in [0.3, 0.4) is 0 Å². The molecule has 1 aromatic heterocycles. The third-order valence-corrected chi connectivity index (χ3v) is 4.67. The number of nitrogens with zero attached hydrogens (tertiary/aromatic N) is 3. The van der Waals surface area contributed by atoms with Crippen LogP contribution in [-0.2, 0) is 6.54 Å². The summed E-state index contributed by atoms with van der Waals surface area (Å²) in [7, 11) is 0. The van der Waals surface area contributed by atoms with E-state index in [0.717, 1.165) is 31.2 Å². The fourth-order valence-corrected chi connectivity index (χ4v) is 3.27. The van der Waals surface area contributed by atoms with E-state index in [-0.39, 0.29) is 12.1 Å². The normalized spacial score (nSPS) is 14.1. The second-order valence-corrected chi connectivity index (χ2v) is 6.60. The van der Waals surface area contributed by atoms with Crippen molar-refractivity contribution < 1.29 is 4.79 Å². The topological polar surface area (TPSA) is 69.0 Å². The molecule has 128 valence electrons. The zero-order valence-corrected chi connectivity index (χ0v) is 14.5. The van der Waals surface area contributed by atoms with Crippen LogP contribution in [-0.4, -0.2) is 22.0 Å². The summed E-state index contributed by atoms with van der Waals surface area (Å²) in [6, 6.07) is 12.8. The van der Waals surface area contributed by atoms with Gasteiger partial charge >= 0.3 is 6.03 Å². The van der Waals surface area contributed by atoms with Crippen molar-refractivity contribution in [2.24, 2.45) is 0 Å². The van der Waals surface area contributed by atoms with Gasteiger partial charge in [0.2, 0.25) is 0 Å². The summed E-state index contributed by atoms with van der Waals surface area (Å²) < 4.78 is 0. The number of anilines is 1. The van der Waals surface area contributed by atoms with E-state index >= 15 is 0 Å². The summed E-state index contributed by atoms with van der Waals surface area (Å²) in [5.41, 5.74) is 1.98. The van der Waals surface area contributed by atoms with Crippen LogP contribution in [0.5, 0.6) is 0 Å². The predicted octanol–water partition coefficient (Wildman–Crippen LogP) is 4.58. The van der Waals surface area contributed by atoms with Gasteiger partial charge in [-0.25, -0.2) is 9.78 Å². The number of carbonyl (C=O) groups is 1. The molecule has 1 fully saturated rings. The number of rotatable bonds is 4. The molecule has 1 aromatic carbocycles. The average Bonchev–Trinajstić information content (AvgIpc) is 3.16. The molecule has 25 heavy (non-hydrogen) atoms. The Balaban J connectivity index is 1.77. The SMILES string of the molecule is N#Cc1cc(CN(C(=O)Nc2ccc(Cl)cc2)C2CCCC2)ccn1. The van der Waals surface area contributed by atoms with E-state index in [1.807, 2.05) is 17.0 Å². The van der Waals surface area contributed by atoms with Gasteiger partial charge in [0.05, 0.1) is 0 Å². The predicted molar refractivity (Wildman–Crippen MR) is 97.2 cm³/mol. The minimum Gasteiger partial charge on any atom is -0.317 e. The number of nitrogens with one attached hydrogen (secondary N) is 1. The van der Waals surface area contributed by atoms with Gasteiger partial charge in [-0.2, -0.15) is 5.26 Å². The van der Waals surface area contributed by atoms with Crippen LogP contribution in [0.1, 0.15) is 36.9 Å². The lowest BCUT2D eigenvalue weighted by Gasteiger charge is -2.29. The summed E-state index contributed by atoms with van der Waals surface area (Å²) >= 11 is 5.89. The summed E-state index contributed by atoms with van der Waals surface area (Å²) in [5.74, 6) is 0. The van der Waals surface area contributed by atoms with Crippen LogP contribution < -0.4 is 5.32 Å². The van der Waals surface area contributed by atoms with Crippen molar-refractivity contribution in [1.82, 2.24) is 9.88 Å². The van der Waals surface area contributed by atoms with Gasteiger partial charge in [-0.05, 0) is 54.8 Å². The Labute approximate surface area is 152 Å². The van der Waals surface area contributed by atoms with Crippen molar-refractivity contribution in [3.05, 3.63) is 58.9 Å². The number of carbonyl (C=O) groups excluding carboxylic acids is 1. The number of hydrogen-bond donors (Lipinski definition) is 1. The number of halogens is 1. The molecule has 0 saturated heterocycles. The Morgan fingerprint density at radius 2 is 2.00 bits per heavy atom. The Bertz CT molecular complexity index is 779. The molecule has 0 radical (unpaired) electrons. The van der Waals surface area contributed by atoms with Crippen LogP contribution in [0, 0.1) is 11.3 Å². The third-order valence-electron chi connectivity index (χ3n) is 4.41. The molecule has 1 saturated carbocycles. The van der Waals surface area contributed by atoms with Gasteiger partial charge in [0.15, 0.2) is 0 Å².